The molecule has 0 bridgehead atoms. The van der Waals surface area contributed by atoms with Gasteiger partial charge in [0, 0.05) is 24.0 Å². The fraction of sp³-hybridized carbons (Fsp3) is 0.333. The molecule has 110 valence electrons. The number of nitrogens with one attached hydrogen (secondary N) is 1. The third-order valence-corrected chi connectivity index (χ3v) is 4.19. The molecule has 1 fully saturated rings. The maximum Gasteiger partial charge on any atom is 0.240 e. The lowest BCUT2D eigenvalue weighted by Crippen LogP contribution is -2.32. The van der Waals surface area contributed by atoms with Crippen LogP contribution in [0, 0.1) is 0 Å². The van der Waals surface area contributed by atoms with Gasteiger partial charge < -0.3 is 10.4 Å². The van der Waals surface area contributed by atoms with Gasteiger partial charge in [-0.3, -0.25) is 9.69 Å². The number of likely N-dealkylation sites (tertiary alicyclic amines) is 1. The highest BCUT2D eigenvalue weighted by Gasteiger charge is 2.22. The Morgan fingerprint density at radius 3 is 2.95 bits per heavy atom. The van der Waals surface area contributed by atoms with E-state index in [1.165, 1.54) is 11.3 Å². The molecule has 1 amide bonds. The molecule has 6 heteroatoms. The van der Waals surface area contributed by atoms with E-state index in [-0.39, 0.29) is 12.0 Å². The van der Waals surface area contributed by atoms with Crippen LogP contribution in [0.3, 0.4) is 0 Å². The Morgan fingerprint density at radius 2 is 2.24 bits per heavy atom. The molecule has 21 heavy (non-hydrogen) atoms. The van der Waals surface area contributed by atoms with Gasteiger partial charge in [0.15, 0.2) is 5.13 Å². The predicted octanol–water partition coefficient (Wildman–Crippen LogP) is 1.82. The standard InChI is InChI=1S/C15H17N3O2S/c19-12-6-7-18(8-12)9-14(20)17-15-16-13(10-21-15)11-4-2-1-3-5-11/h1-5,10,12,19H,6-9H2,(H,16,17,20). The number of anilines is 1. The van der Waals surface area contributed by atoms with Gasteiger partial charge in [0.05, 0.1) is 18.3 Å². The number of aromatic nitrogens is 1. The first kappa shape index (κ1) is 14.2. The summed E-state index contributed by atoms with van der Waals surface area (Å²) in [6.45, 7) is 1.64. The number of nitrogens with zero attached hydrogens (tertiary/aromatic N) is 2. The number of carbonyl (C=O) groups is 1. The van der Waals surface area contributed by atoms with Gasteiger partial charge in [0.2, 0.25) is 5.91 Å². The Morgan fingerprint density at radius 1 is 1.43 bits per heavy atom. The van der Waals surface area contributed by atoms with Gasteiger partial charge in [-0.2, -0.15) is 0 Å². The van der Waals surface area contributed by atoms with Crippen molar-refractivity contribution in [1.29, 1.82) is 0 Å². The molecule has 2 aromatic rings. The summed E-state index contributed by atoms with van der Waals surface area (Å²) in [5, 5.41) is 14.8. The topological polar surface area (TPSA) is 65.5 Å². The van der Waals surface area contributed by atoms with Crippen molar-refractivity contribution in [1.82, 2.24) is 9.88 Å². The van der Waals surface area contributed by atoms with E-state index in [9.17, 15) is 9.90 Å². The zero-order valence-corrected chi connectivity index (χ0v) is 12.3. The van der Waals surface area contributed by atoms with Crippen LogP contribution in [0.2, 0.25) is 0 Å². The van der Waals surface area contributed by atoms with E-state index in [4.69, 9.17) is 0 Å². The second kappa shape index (κ2) is 6.34. The fourth-order valence-corrected chi connectivity index (χ4v) is 3.13. The Balaban J connectivity index is 1.58. The van der Waals surface area contributed by atoms with Crippen LogP contribution in [0.4, 0.5) is 5.13 Å². The van der Waals surface area contributed by atoms with Crippen LogP contribution in [0.5, 0.6) is 0 Å². The molecule has 0 spiro atoms. The molecule has 1 aromatic heterocycles. The van der Waals surface area contributed by atoms with Gasteiger partial charge in [-0.15, -0.1) is 11.3 Å². The molecule has 5 nitrogen and oxygen atoms in total. The van der Waals surface area contributed by atoms with Gasteiger partial charge in [-0.1, -0.05) is 30.3 Å². The molecule has 1 aliphatic rings. The summed E-state index contributed by atoms with van der Waals surface area (Å²) in [7, 11) is 0. The average molecular weight is 303 g/mol. The third kappa shape index (κ3) is 3.66. The summed E-state index contributed by atoms with van der Waals surface area (Å²) in [6.07, 6.45) is 0.435. The Bertz CT molecular complexity index is 614. The molecule has 3 rings (SSSR count). The predicted molar refractivity (Wildman–Crippen MR) is 83.2 cm³/mol. The monoisotopic (exact) mass is 303 g/mol. The molecular formula is C15H17N3O2S. The van der Waals surface area contributed by atoms with Crippen molar-refractivity contribution >= 4 is 22.4 Å². The largest absolute Gasteiger partial charge is 0.392 e. The number of aliphatic hydroxyl groups is 1. The minimum Gasteiger partial charge on any atom is -0.392 e. The zero-order valence-electron chi connectivity index (χ0n) is 11.5. The molecule has 2 N–H and O–H groups in total. The Hall–Kier alpha value is -1.76. The van der Waals surface area contributed by atoms with Crippen LogP contribution in [-0.4, -0.2) is 46.6 Å². The van der Waals surface area contributed by atoms with E-state index >= 15 is 0 Å². The number of benzene rings is 1. The molecule has 0 saturated carbocycles. The van der Waals surface area contributed by atoms with Crippen molar-refractivity contribution in [3.63, 3.8) is 0 Å². The summed E-state index contributed by atoms with van der Waals surface area (Å²) in [6, 6.07) is 9.87. The average Bonchev–Trinajstić information content (AvgIpc) is 3.09. The fourth-order valence-electron chi connectivity index (χ4n) is 2.39. The molecule has 0 radical (unpaired) electrons. The molecule has 2 heterocycles. The van der Waals surface area contributed by atoms with Gasteiger partial charge in [-0.05, 0) is 6.42 Å². The minimum absolute atomic E-state index is 0.0851. The highest BCUT2D eigenvalue weighted by atomic mass is 32.1. The summed E-state index contributed by atoms with van der Waals surface area (Å²) < 4.78 is 0. The molecule has 1 unspecified atom stereocenters. The number of thiazole rings is 1. The number of hydrogen-bond donors (Lipinski definition) is 2. The lowest BCUT2D eigenvalue weighted by atomic mass is 10.2. The molecule has 1 atom stereocenters. The molecule has 0 aliphatic carbocycles. The summed E-state index contributed by atoms with van der Waals surface area (Å²) in [5.41, 5.74) is 1.91. The smallest absolute Gasteiger partial charge is 0.240 e. The van der Waals surface area contributed by atoms with E-state index in [0.29, 0.717) is 18.2 Å². The first-order valence-electron chi connectivity index (χ1n) is 6.92. The lowest BCUT2D eigenvalue weighted by molar-refractivity contribution is -0.117. The van der Waals surface area contributed by atoms with Gasteiger partial charge in [0.25, 0.3) is 0 Å². The molecular weight excluding hydrogens is 286 g/mol. The first-order chi connectivity index (χ1) is 10.2. The Labute approximate surface area is 127 Å². The number of carbonyl (C=O) groups excluding carboxylic acids is 1. The first-order valence-corrected chi connectivity index (χ1v) is 7.80. The van der Waals surface area contributed by atoms with Crippen LogP contribution in [0.1, 0.15) is 6.42 Å². The Kier molecular flexibility index (Phi) is 4.28. The SMILES string of the molecule is O=C(CN1CCC(O)C1)Nc1nc(-c2ccccc2)cs1. The van der Waals surface area contributed by atoms with Crippen molar-refractivity contribution in [2.45, 2.75) is 12.5 Å². The van der Waals surface area contributed by atoms with Crippen molar-refractivity contribution in [2.24, 2.45) is 0 Å². The van der Waals surface area contributed by atoms with Gasteiger partial charge in [0.1, 0.15) is 0 Å². The number of amides is 1. The van der Waals surface area contributed by atoms with E-state index in [1.807, 2.05) is 40.6 Å². The van der Waals surface area contributed by atoms with E-state index in [2.05, 4.69) is 10.3 Å². The van der Waals surface area contributed by atoms with E-state index < -0.39 is 0 Å². The van der Waals surface area contributed by atoms with Crippen LogP contribution < -0.4 is 5.32 Å². The highest BCUT2D eigenvalue weighted by Crippen LogP contribution is 2.24. The molecule has 1 aliphatic heterocycles. The van der Waals surface area contributed by atoms with Crippen LogP contribution in [0.25, 0.3) is 11.3 Å². The second-order valence-corrected chi connectivity index (χ2v) is 5.99. The van der Waals surface area contributed by atoms with Crippen molar-refractivity contribution in [3.8, 4) is 11.3 Å². The molecule has 1 aromatic carbocycles. The maximum absolute atomic E-state index is 12.0. The number of hydrogen-bond acceptors (Lipinski definition) is 5. The van der Waals surface area contributed by atoms with Crippen LogP contribution in [-0.2, 0) is 4.79 Å². The quantitative estimate of drug-likeness (QED) is 0.904. The zero-order chi connectivity index (χ0) is 14.7. The van der Waals surface area contributed by atoms with E-state index in [1.54, 1.807) is 0 Å². The summed E-state index contributed by atoms with van der Waals surface area (Å²) >= 11 is 1.42. The van der Waals surface area contributed by atoms with Crippen molar-refractivity contribution in [2.75, 3.05) is 25.0 Å². The van der Waals surface area contributed by atoms with Crippen molar-refractivity contribution in [3.05, 3.63) is 35.7 Å². The normalized spacial score (nSPS) is 18.8. The lowest BCUT2D eigenvalue weighted by Gasteiger charge is -2.13. The van der Waals surface area contributed by atoms with Gasteiger partial charge in [-0.25, -0.2) is 4.98 Å². The third-order valence-electron chi connectivity index (χ3n) is 3.43. The van der Waals surface area contributed by atoms with Crippen LogP contribution in [0.15, 0.2) is 35.7 Å². The maximum atomic E-state index is 12.0. The second-order valence-electron chi connectivity index (χ2n) is 5.13. The number of aliphatic hydroxyl groups excluding tert-OH is 1. The van der Waals surface area contributed by atoms with Crippen LogP contribution >= 0.6 is 11.3 Å². The molecule has 1 saturated heterocycles. The summed E-state index contributed by atoms with van der Waals surface area (Å²) in [4.78, 5) is 18.3. The van der Waals surface area contributed by atoms with Crippen molar-refractivity contribution < 1.29 is 9.90 Å². The number of β-amino-alcohol motifs (C(OH)–C–C–N with tert-alkyl or cyclic N) is 1. The summed E-state index contributed by atoms with van der Waals surface area (Å²) in [5.74, 6) is -0.0851. The van der Waals surface area contributed by atoms with Gasteiger partial charge >= 0.3 is 0 Å². The minimum atomic E-state index is -0.303. The highest BCUT2D eigenvalue weighted by molar-refractivity contribution is 7.14. The number of rotatable bonds is 4. The van der Waals surface area contributed by atoms with E-state index in [0.717, 1.165) is 24.2 Å².